The van der Waals surface area contributed by atoms with E-state index in [0.717, 1.165) is 34.9 Å². The maximum absolute atomic E-state index is 12.2. The number of aryl methyl sites for hydroxylation is 1. The Kier molecular flexibility index (Phi) is 6.65. The highest BCUT2D eigenvalue weighted by Crippen LogP contribution is 2.23. The van der Waals surface area contributed by atoms with Gasteiger partial charge in [-0.25, -0.2) is 9.97 Å². The van der Waals surface area contributed by atoms with E-state index in [1.807, 2.05) is 62.0 Å². The van der Waals surface area contributed by atoms with E-state index in [1.165, 1.54) is 11.8 Å². The summed E-state index contributed by atoms with van der Waals surface area (Å²) < 4.78 is 7.32. The predicted molar refractivity (Wildman–Crippen MR) is 111 cm³/mol. The summed E-state index contributed by atoms with van der Waals surface area (Å²) in [5.74, 6) is 0.893. The fourth-order valence-corrected chi connectivity index (χ4v) is 3.34. The van der Waals surface area contributed by atoms with Crippen molar-refractivity contribution >= 4 is 23.4 Å². The van der Waals surface area contributed by atoms with Crippen molar-refractivity contribution in [2.24, 2.45) is 0 Å². The summed E-state index contributed by atoms with van der Waals surface area (Å²) in [6.07, 6.45) is 3.52. The van der Waals surface area contributed by atoms with Crippen LogP contribution in [0.2, 0.25) is 0 Å². The molecule has 0 spiro atoms. The van der Waals surface area contributed by atoms with Gasteiger partial charge < -0.3 is 10.1 Å². The molecule has 0 bridgehead atoms. The summed E-state index contributed by atoms with van der Waals surface area (Å²) in [6, 6.07) is 9.15. The van der Waals surface area contributed by atoms with Crippen molar-refractivity contribution in [2.45, 2.75) is 32.5 Å². The van der Waals surface area contributed by atoms with Crippen LogP contribution in [-0.2, 0) is 11.3 Å². The fraction of sp³-hybridized carbons (Fsp3) is 0.300. The third-order valence-corrected chi connectivity index (χ3v) is 4.96. The molecule has 0 saturated carbocycles. The highest BCUT2D eigenvalue weighted by molar-refractivity contribution is 7.99. The maximum Gasteiger partial charge on any atom is 0.234 e. The maximum atomic E-state index is 12.2. The number of carbonyl (C=O) groups is 1. The number of hydrogen-bond donors (Lipinski definition) is 1. The van der Waals surface area contributed by atoms with E-state index in [9.17, 15) is 4.79 Å². The Morgan fingerprint density at radius 1 is 1.21 bits per heavy atom. The van der Waals surface area contributed by atoms with Gasteiger partial charge in [0.2, 0.25) is 5.91 Å². The molecule has 146 valence electrons. The van der Waals surface area contributed by atoms with Gasteiger partial charge in [0, 0.05) is 29.7 Å². The summed E-state index contributed by atoms with van der Waals surface area (Å²) in [5, 5.41) is 7.78. The molecule has 0 aliphatic heterocycles. The minimum Gasteiger partial charge on any atom is -0.494 e. The van der Waals surface area contributed by atoms with Crippen LogP contribution in [-0.4, -0.2) is 38.0 Å². The van der Waals surface area contributed by atoms with E-state index in [-0.39, 0.29) is 11.7 Å². The van der Waals surface area contributed by atoms with E-state index >= 15 is 0 Å². The van der Waals surface area contributed by atoms with Crippen LogP contribution in [0.25, 0.3) is 11.3 Å². The molecular weight excluding hydrogens is 374 g/mol. The molecule has 1 amide bonds. The first-order chi connectivity index (χ1) is 13.6. The zero-order valence-corrected chi connectivity index (χ0v) is 17.0. The SMILES string of the molecule is CCOc1ccc(NC(=O)CSc2nccc(-c3cnn(CC)c3C)n2)cc1. The molecule has 0 aliphatic rings. The first kappa shape index (κ1) is 19.9. The van der Waals surface area contributed by atoms with Crippen molar-refractivity contribution in [3.8, 4) is 17.0 Å². The summed E-state index contributed by atoms with van der Waals surface area (Å²) >= 11 is 1.30. The minimum absolute atomic E-state index is 0.113. The minimum atomic E-state index is -0.113. The van der Waals surface area contributed by atoms with Crippen molar-refractivity contribution in [1.29, 1.82) is 0 Å². The van der Waals surface area contributed by atoms with Gasteiger partial charge in [0.25, 0.3) is 0 Å². The molecule has 0 atom stereocenters. The Balaban J connectivity index is 1.59. The Morgan fingerprint density at radius 2 is 2.00 bits per heavy atom. The molecule has 2 aromatic heterocycles. The standard InChI is InChI=1S/C20H23N5O2S/c1-4-25-14(3)17(12-22-25)18-10-11-21-20(24-18)28-13-19(26)23-15-6-8-16(9-7-15)27-5-2/h6-12H,4-5,13H2,1-3H3,(H,23,26). The van der Waals surface area contributed by atoms with Crippen LogP contribution in [0.4, 0.5) is 5.69 Å². The van der Waals surface area contributed by atoms with E-state index in [1.54, 1.807) is 6.20 Å². The lowest BCUT2D eigenvalue weighted by Gasteiger charge is -2.07. The second-order valence-electron chi connectivity index (χ2n) is 5.98. The normalized spacial score (nSPS) is 10.7. The van der Waals surface area contributed by atoms with Gasteiger partial charge >= 0.3 is 0 Å². The highest BCUT2D eigenvalue weighted by Gasteiger charge is 2.11. The molecule has 3 aromatic rings. The lowest BCUT2D eigenvalue weighted by molar-refractivity contribution is -0.113. The topological polar surface area (TPSA) is 81.9 Å². The monoisotopic (exact) mass is 397 g/mol. The Morgan fingerprint density at radius 3 is 2.68 bits per heavy atom. The van der Waals surface area contributed by atoms with Crippen LogP contribution in [0.3, 0.4) is 0 Å². The number of thioether (sulfide) groups is 1. The van der Waals surface area contributed by atoms with Gasteiger partial charge in [-0.05, 0) is 51.1 Å². The summed E-state index contributed by atoms with van der Waals surface area (Å²) in [5.41, 5.74) is 3.57. The summed E-state index contributed by atoms with van der Waals surface area (Å²) in [7, 11) is 0. The van der Waals surface area contributed by atoms with Crippen molar-refractivity contribution in [3.05, 3.63) is 48.4 Å². The van der Waals surface area contributed by atoms with Crippen LogP contribution >= 0.6 is 11.8 Å². The molecule has 0 aliphatic carbocycles. The third-order valence-electron chi connectivity index (χ3n) is 4.09. The molecule has 0 fully saturated rings. The average molecular weight is 398 g/mol. The highest BCUT2D eigenvalue weighted by atomic mass is 32.2. The molecule has 7 nitrogen and oxygen atoms in total. The lowest BCUT2D eigenvalue weighted by atomic mass is 10.2. The number of ether oxygens (including phenoxy) is 1. The summed E-state index contributed by atoms with van der Waals surface area (Å²) in [4.78, 5) is 21.0. The lowest BCUT2D eigenvalue weighted by Crippen LogP contribution is -2.14. The molecule has 1 N–H and O–H groups in total. The second-order valence-corrected chi connectivity index (χ2v) is 6.92. The fourth-order valence-electron chi connectivity index (χ4n) is 2.71. The number of anilines is 1. The van der Waals surface area contributed by atoms with Crippen LogP contribution in [0.15, 0.2) is 47.9 Å². The van der Waals surface area contributed by atoms with Gasteiger partial charge in [-0.2, -0.15) is 5.10 Å². The zero-order chi connectivity index (χ0) is 19.9. The first-order valence-corrected chi connectivity index (χ1v) is 10.1. The van der Waals surface area contributed by atoms with Crippen molar-refractivity contribution in [2.75, 3.05) is 17.7 Å². The Labute approximate surface area is 168 Å². The van der Waals surface area contributed by atoms with Gasteiger partial charge in [0.15, 0.2) is 5.16 Å². The Hall–Kier alpha value is -2.87. The Bertz CT molecular complexity index is 940. The number of benzene rings is 1. The molecule has 0 unspecified atom stereocenters. The number of amides is 1. The van der Waals surface area contributed by atoms with Crippen LogP contribution in [0.1, 0.15) is 19.5 Å². The number of aromatic nitrogens is 4. The van der Waals surface area contributed by atoms with E-state index in [4.69, 9.17) is 4.74 Å². The third kappa shape index (κ3) is 4.89. The van der Waals surface area contributed by atoms with E-state index < -0.39 is 0 Å². The van der Waals surface area contributed by atoms with Crippen LogP contribution in [0, 0.1) is 6.92 Å². The van der Waals surface area contributed by atoms with Gasteiger partial charge in [-0.3, -0.25) is 9.48 Å². The number of rotatable bonds is 8. The molecule has 8 heteroatoms. The second kappa shape index (κ2) is 9.36. The molecule has 3 rings (SSSR count). The number of carbonyl (C=O) groups excluding carboxylic acids is 1. The van der Waals surface area contributed by atoms with Crippen molar-refractivity contribution in [3.63, 3.8) is 0 Å². The number of nitrogens with one attached hydrogen (secondary N) is 1. The first-order valence-electron chi connectivity index (χ1n) is 9.12. The molecule has 28 heavy (non-hydrogen) atoms. The average Bonchev–Trinajstić information content (AvgIpc) is 3.09. The van der Waals surface area contributed by atoms with Crippen LogP contribution < -0.4 is 10.1 Å². The molecule has 1 aromatic carbocycles. The van der Waals surface area contributed by atoms with E-state index in [2.05, 4.69) is 20.4 Å². The summed E-state index contributed by atoms with van der Waals surface area (Å²) in [6.45, 7) is 7.42. The molecule has 2 heterocycles. The smallest absolute Gasteiger partial charge is 0.234 e. The number of hydrogen-bond acceptors (Lipinski definition) is 6. The van der Waals surface area contributed by atoms with Gasteiger partial charge in [0.1, 0.15) is 5.75 Å². The molecule has 0 radical (unpaired) electrons. The van der Waals surface area contributed by atoms with Crippen molar-refractivity contribution < 1.29 is 9.53 Å². The zero-order valence-electron chi connectivity index (χ0n) is 16.2. The quantitative estimate of drug-likeness (QED) is 0.460. The van der Waals surface area contributed by atoms with Crippen LogP contribution in [0.5, 0.6) is 5.75 Å². The molecule has 0 saturated heterocycles. The largest absolute Gasteiger partial charge is 0.494 e. The van der Waals surface area contributed by atoms with Crippen molar-refractivity contribution in [1.82, 2.24) is 19.7 Å². The number of nitrogens with zero attached hydrogens (tertiary/aromatic N) is 4. The van der Waals surface area contributed by atoms with Gasteiger partial charge in [-0.1, -0.05) is 11.8 Å². The van der Waals surface area contributed by atoms with E-state index in [0.29, 0.717) is 11.8 Å². The van der Waals surface area contributed by atoms with Gasteiger partial charge in [-0.15, -0.1) is 0 Å². The molecular formula is C20H23N5O2S. The van der Waals surface area contributed by atoms with Gasteiger partial charge in [0.05, 0.1) is 24.3 Å². The predicted octanol–water partition coefficient (Wildman–Crippen LogP) is 3.80.